The summed E-state index contributed by atoms with van der Waals surface area (Å²) in [7, 11) is 0. The summed E-state index contributed by atoms with van der Waals surface area (Å²) in [5.41, 5.74) is 0.461. The van der Waals surface area contributed by atoms with E-state index in [2.05, 4.69) is 10.3 Å². The molecule has 1 aliphatic heterocycles. The Morgan fingerprint density at radius 2 is 2.07 bits per heavy atom. The van der Waals surface area contributed by atoms with E-state index >= 15 is 0 Å². The van der Waals surface area contributed by atoms with E-state index in [1.165, 1.54) is 27.8 Å². The van der Waals surface area contributed by atoms with Crippen LogP contribution in [0, 0.1) is 10.1 Å². The number of aromatic nitrogens is 1. The third-order valence-electron chi connectivity index (χ3n) is 3.99. The maximum atomic E-state index is 14.8. The maximum absolute atomic E-state index is 14.8. The maximum Gasteiger partial charge on any atom is 0.313 e. The Morgan fingerprint density at radius 3 is 2.70 bits per heavy atom. The average Bonchev–Trinajstić information content (AvgIpc) is 2.64. The highest BCUT2D eigenvalue weighted by Crippen LogP contribution is 2.36. The molecule has 27 heavy (non-hydrogen) atoms. The molecule has 0 spiro atoms. The number of nitrogens with zero attached hydrogens (tertiary/aromatic N) is 4. The van der Waals surface area contributed by atoms with Gasteiger partial charge in [-0.15, -0.1) is 0 Å². The van der Waals surface area contributed by atoms with E-state index in [9.17, 15) is 14.5 Å². The van der Waals surface area contributed by atoms with E-state index in [1.54, 1.807) is 18.2 Å². The quantitative estimate of drug-likeness (QED) is 0.449. The van der Waals surface area contributed by atoms with Crippen molar-refractivity contribution in [1.82, 2.24) is 9.99 Å². The lowest BCUT2D eigenvalue weighted by molar-refractivity contribution is -0.384. The first-order chi connectivity index (χ1) is 13.0. The molecule has 7 nitrogen and oxygen atoms in total. The zero-order valence-electron chi connectivity index (χ0n) is 15.2. The summed E-state index contributed by atoms with van der Waals surface area (Å²) >= 11 is 1.53. The van der Waals surface area contributed by atoms with E-state index in [1.807, 2.05) is 32.0 Å². The first-order valence-electron chi connectivity index (χ1n) is 8.73. The SMILES string of the molecule is CC(C)Nc1ccc([N+](=O)[O-])c(N(c2ccccc2)N2CCSCC2F)n1. The lowest BCUT2D eigenvalue weighted by Crippen LogP contribution is -2.49. The standard InChI is InChI=1S/C18H22FN5O2S/c1-13(2)20-17-9-8-15(24(25)26)18(21-17)23(14-6-4-3-5-7-14)22-10-11-27-12-16(22)19/h3-9,13,16H,10-12H2,1-2H3,(H,20,21). The summed E-state index contributed by atoms with van der Waals surface area (Å²) in [6.45, 7) is 4.34. The molecule has 0 radical (unpaired) electrons. The number of rotatable bonds is 6. The summed E-state index contributed by atoms with van der Waals surface area (Å²) in [4.78, 5) is 15.7. The predicted octanol–water partition coefficient (Wildman–Crippen LogP) is 4.21. The molecule has 1 aliphatic rings. The Labute approximate surface area is 161 Å². The van der Waals surface area contributed by atoms with Gasteiger partial charge in [0, 0.05) is 30.2 Å². The van der Waals surface area contributed by atoms with E-state index in [4.69, 9.17) is 0 Å². The number of nitro groups is 1. The van der Waals surface area contributed by atoms with Crippen molar-refractivity contribution < 1.29 is 9.31 Å². The number of para-hydroxylation sites is 1. The number of alkyl halides is 1. The van der Waals surface area contributed by atoms with Gasteiger partial charge in [-0.25, -0.2) is 14.4 Å². The zero-order valence-corrected chi connectivity index (χ0v) is 16.0. The minimum absolute atomic E-state index is 0.103. The monoisotopic (exact) mass is 391 g/mol. The van der Waals surface area contributed by atoms with E-state index < -0.39 is 11.2 Å². The van der Waals surface area contributed by atoms with Gasteiger partial charge in [0.1, 0.15) is 5.82 Å². The molecule has 1 N–H and O–H groups in total. The molecule has 0 aliphatic carbocycles. The molecule has 1 fully saturated rings. The van der Waals surface area contributed by atoms with Crippen LogP contribution in [0.25, 0.3) is 0 Å². The summed E-state index contributed by atoms with van der Waals surface area (Å²) in [6.07, 6.45) is -1.26. The number of halogens is 1. The van der Waals surface area contributed by atoms with Gasteiger partial charge in [-0.3, -0.25) is 10.1 Å². The van der Waals surface area contributed by atoms with Crippen molar-refractivity contribution in [2.45, 2.75) is 26.2 Å². The highest BCUT2D eigenvalue weighted by molar-refractivity contribution is 7.99. The Kier molecular flexibility index (Phi) is 6.12. The third-order valence-corrected chi connectivity index (χ3v) is 4.97. The molecular weight excluding hydrogens is 369 g/mol. The molecule has 9 heteroatoms. The number of benzene rings is 1. The van der Waals surface area contributed by atoms with Gasteiger partial charge in [0.05, 0.1) is 10.6 Å². The second kappa shape index (κ2) is 8.53. The minimum Gasteiger partial charge on any atom is -0.368 e. The van der Waals surface area contributed by atoms with Crippen LogP contribution in [-0.4, -0.2) is 45.3 Å². The minimum atomic E-state index is -1.26. The van der Waals surface area contributed by atoms with Crippen LogP contribution in [0.5, 0.6) is 0 Å². The van der Waals surface area contributed by atoms with Crippen LogP contribution in [-0.2, 0) is 0 Å². The number of pyridine rings is 1. The van der Waals surface area contributed by atoms with Gasteiger partial charge in [0.15, 0.2) is 6.30 Å². The van der Waals surface area contributed by atoms with Gasteiger partial charge in [-0.05, 0) is 32.0 Å². The second-order valence-corrected chi connectivity index (χ2v) is 7.57. The van der Waals surface area contributed by atoms with Crippen LogP contribution in [0.4, 0.5) is 27.4 Å². The molecule has 1 unspecified atom stereocenters. The number of thioether (sulfide) groups is 1. The highest BCUT2D eigenvalue weighted by atomic mass is 32.2. The summed E-state index contributed by atoms with van der Waals surface area (Å²) in [5.74, 6) is 1.66. The summed E-state index contributed by atoms with van der Waals surface area (Å²) in [5, 5.41) is 17.9. The number of hydrogen-bond acceptors (Lipinski definition) is 7. The molecule has 1 aromatic heterocycles. The molecular formula is C18H22FN5O2S. The topological polar surface area (TPSA) is 74.5 Å². The lowest BCUT2D eigenvalue weighted by atomic mass is 10.2. The fraction of sp³-hybridized carbons (Fsp3) is 0.389. The zero-order chi connectivity index (χ0) is 19.4. The Hall–Kier alpha value is -2.39. The smallest absolute Gasteiger partial charge is 0.313 e. The van der Waals surface area contributed by atoms with Crippen molar-refractivity contribution in [3.63, 3.8) is 0 Å². The van der Waals surface area contributed by atoms with Crippen molar-refractivity contribution >= 4 is 34.8 Å². The van der Waals surface area contributed by atoms with Crippen LogP contribution >= 0.6 is 11.8 Å². The second-order valence-electron chi connectivity index (χ2n) is 6.42. The number of hydrazine groups is 1. The Morgan fingerprint density at radius 1 is 1.33 bits per heavy atom. The van der Waals surface area contributed by atoms with Crippen molar-refractivity contribution in [3.8, 4) is 0 Å². The molecule has 1 aromatic carbocycles. The van der Waals surface area contributed by atoms with Gasteiger partial charge in [0.25, 0.3) is 0 Å². The first-order valence-corrected chi connectivity index (χ1v) is 9.88. The van der Waals surface area contributed by atoms with Crippen LogP contribution in [0.1, 0.15) is 13.8 Å². The van der Waals surface area contributed by atoms with Crippen molar-refractivity contribution in [2.24, 2.45) is 0 Å². The van der Waals surface area contributed by atoms with Crippen LogP contribution < -0.4 is 10.3 Å². The Bertz CT molecular complexity index is 793. The molecule has 2 heterocycles. The molecule has 3 rings (SSSR count). The summed E-state index contributed by atoms with van der Waals surface area (Å²) in [6, 6.07) is 12.2. The number of anilines is 3. The molecule has 2 aromatic rings. The van der Waals surface area contributed by atoms with Gasteiger partial charge in [0.2, 0.25) is 5.82 Å². The molecule has 0 bridgehead atoms. The summed E-state index contributed by atoms with van der Waals surface area (Å²) < 4.78 is 14.8. The van der Waals surface area contributed by atoms with Crippen LogP contribution in [0.2, 0.25) is 0 Å². The molecule has 1 atom stereocenters. The van der Waals surface area contributed by atoms with Gasteiger partial charge in [-0.1, -0.05) is 18.2 Å². The normalized spacial score (nSPS) is 17.7. The largest absolute Gasteiger partial charge is 0.368 e. The van der Waals surface area contributed by atoms with E-state index in [-0.39, 0.29) is 17.5 Å². The number of nitrogens with one attached hydrogen (secondary N) is 1. The first kappa shape index (κ1) is 19.4. The van der Waals surface area contributed by atoms with Gasteiger partial charge < -0.3 is 5.32 Å². The van der Waals surface area contributed by atoms with Gasteiger partial charge in [-0.2, -0.15) is 16.8 Å². The van der Waals surface area contributed by atoms with Crippen LogP contribution in [0.15, 0.2) is 42.5 Å². The predicted molar refractivity (Wildman–Crippen MR) is 107 cm³/mol. The fourth-order valence-electron chi connectivity index (χ4n) is 2.87. The third kappa shape index (κ3) is 4.48. The van der Waals surface area contributed by atoms with E-state index in [0.717, 1.165) is 5.75 Å². The average molecular weight is 391 g/mol. The lowest BCUT2D eigenvalue weighted by Gasteiger charge is -2.39. The fourth-order valence-corrected chi connectivity index (χ4v) is 3.72. The molecule has 0 saturated carbocycles. The van der Waals surface area contributed by atoms with Crippen LogP contribution in [0.3, 0.4) is 0 Å². The van der Waals surface area contributed by atoms with Crippen molar-refractivity contribution in [2.75, 3.05) is 28.4 Å². The molecule has 0 amide bonds. The molecule has 1 saturated heterocycles. The highest BCUT2D eigenvalue weighted by Gasteiger charge is 2.34. The van der Waals surface area contributed by atoms with E-state index in [0.29, 0.717) is 23.8 Å². The van der Waals surface area contributed by atoms with Gasteiger partial charge >= 0.3 is 5.69 Å². The van der Waals surface area contributed by atoms with Crippen molar-refractivity contribution in [1.29, 1.82) is 0 Å². The molecule has 144 valence electrons. The van der Waals surface area contributed by atoms with Crippen molar-refractivity contribution in [3.05, 3.63) is 52.6 Å². The Balaban J connectivity index is 2.14. The number of hydrogen-bond donors (Lipinski definition) is 1.